The summed E-state index contributed by atoms with van der Waals surface area (Å²) in [5, 5.41) is 3.10. The number of aryl methyl sites for hydroxylation is 1. The van der Waals surface area contributed by atoms with E-state index >= 15 is 0 Å². The maximum absolute atomic E-state index is 5.27. The van der Waals surface area contributed by atoms with Crippen molar-refractivity contribution < 1.29 is 4.74 Å². The number of methoxy groups -OCH3 is 1. The summed E-state index contributed by atoms with van der Waals surface area (Å²) in [5.41, 5.74) is 2.34. The standard InChI is InChI=1S/C14H19N5O/c1-5-6-10-18-11(9(2)13(15-3)19-10)12-14(20-4)17-8-7-16-12/h7-8H,5-6H2,1-4H3,(H,15,18,19). The molecule has 0 saturated carbocycles. The fourth-order valence-electron chi connectivity index (χ4n) is 2.01. The third-order valence-corrected chi connectivity index (χ3v) is 2.98. The fourth-order valence-corrected chi connectivity index (χ4v) is 2.01. The van der Waals surface area contributed by atoms with Crippen molar-refractivity contribution in [2.24, 2.45) is 0 Å². The molecule has 20 heavy (non-hydrogen) atoms. The maximum Gasteiger partial charge on any atom is 0.241 e. The lowest BCUT2D eigenvalue weighted by molar-refractivity contribution is 0.397. The van der Waals surface area contributed by atoms with Gasteiger partial charge in [-0.3, -0.25) is 0 Å². The lowest BCUT2D eigenvalue weighted by Crippen LogP contribution is -2.07. The lowest BCUT2D eigenvalue weighted by atomic mass is 10.1. The molecule has 2 aromatic rings. The van der Waals surface area contributed by atoms with Gasteiger partial charge in [0.15, 0.2) is 5.69 Å². The molecule has 1 N–H and O–H groups in total. The van der Waals surface area contributed by atoms with Gasteiger partial charge in [-0.25, -0.2) is 19.9 Å². The van der Waals surface area contributed by atoms with Crippen LogP contribution >= 0.6 is 0 Å². The van der Waals surface area contributed by atoms with Crippen LogP contribution in [0.3, 0.4) is 0 Å². The molecule has 0 aromatic carbocycles. The van der Waals surface area contributed by atoms with E-state index < -0.39 is 0 Å². The van der Waals surface area contributed by atoms with Gasteiger partial charge in [0.05, 0.1) is 7.11 Å². The molecule has 6 nitrogen and oxygen atoms in total. The van der Waals surface area contributed by atoms with E-state index in [9.17, 15) is 0 Å². The number of hydrogen-bond acceptors (Lipinski definition) is 6. The molecule has 0 bridgehead atoms. The number of ether oxygens (including phenoxy) is 1. The molecule has 0 aliphatic heterocycles. The van der Waals surface area contributed by atoms with Crippen molar-refractivity contribution >= 4 is 5.82 Å². The molecule has 0 saturated heterocycles. The van der Waals surface area contributed by atoms with E-state index in [-0.39, 0.29) is 0 Å². The van der Waals surface area contributed by atoms with E-state index in [1.807, 2.05) is 14.0 Å². The molecule has 0 radical (unpaired) electrons. The number of anilines is 1. The van der Waals surface area contributed by atoms with Crippen LogP contribution in [0.5, 0.6) is 5.88 Å². The highest BCUT2D eigenvalue weighted by Gasteiger charge is 2.17. The van der Waals surface area contributed by atoms with Crippen LogP contribution in [0, 0.1) is 6.92 Å². The molecule has 2 rings (SSSR count). The Morgan fingerprint density at radius 3 is 2.55 bits per heavy atom. The normalized spacial score (nSPS) is 10.4. The maximum atomic E-state index is 5.27. The largest absolute Gasteiger partial charge is 0.479 e. The van der Waals surface area contributed by atoms with Crippen LogP contribution in [0.1, 0.15) is 24.7 Å². The first-order chi connectivity index (χ1) is 9.71. The van der Waals surface area contributed by atoms with Crippen LogP contribution in [0.25, 0.3) is 11.4 Å². The van der Waals surface area contributed by atoms with Gasteiger partial charge in [-0.05, 0) is 13.3 Å². The summed E-state index contributed by atoms with van der Waals surface area (Å²) < 4.78 is 5.27. The van der Waals surface area contributed by atoms with Crippen molar-refractivity contribution in [3.63, 3.8) is 0 Å². The van der Waals surface area contributed by atoms with Crippen LogP contribution in [-0.2, 0) is 6.42 Å². The molecule has 0 spiro atoms. The summed E-state index contributed by atoms with van der Waals surface area (Å²) >= 11 is 0. The molecular weight excluding hydrogens is 254 g/mol. The quantitative estimate of drug-likeness (QED) is 0.900. The monoisotopic (exact) mass is 273 g/mol. The summed E-state index contributed by atoms with van der Waals surface area (Å²) in [6, 6.07) is 0. The number of hydrogen-bond donors (Lipinski definition) is 1. The molecule has 0 atom stereocenters. The summed E-state index contributed by atoms with van der Waals surface area (Å²) in [6.45, 7) is 4.07. The van der Waals surface area contributed by atoms with E-state index in [1.54, 1.807) is 19.5 Å². The van der Waals surface area contributed by atoms with E-state index in [2.05, 4.69) is 32.2 Å². The Hall–Kier alpha value is -2.24. The summed E-state index contributed by atoms with van der Waals surface area (Å²) in [6.07, 6.45) is 5.05. The molecular formula is C14H19N5O. The Kier molecular flexibility index (Phi) is 4.45. The Labute approximate surface area is 118 Å². The average molecular weight is 273 g/mol. The summed E-state index contributed by atoms with van der Waals surface area (Å²) in [5.74, 6) is 2.08. The van der Waals surface area contributed by atoms with Gasteiger partial charge >= 0.3 is 0 Å². The van der Waals surface area contributed by atoms with E-state index in [1.165, 1.54) is 0 Å². The molecule has 0 fully saturated rings. The van der Waals surface area contributed by atoms with Gasteiger partial charge in [0, 0.05) is 31.4 Å². The minimum Gasteiger partial charge on any atom is -0.479 e. The SMILES string of the molecule is CCCc1nc(NC)c(C)c(-c2nccnc2OC)n1. The third kappa shape index (κ3) is 2.68. The van der Waals surface area contributed by atoms with Crippen LogP contribution in [-0.4, -0.2) is 34.1 Å². The van der Waals surface area contributed by atoms with Crippen molar-refractivity contribution in [2.45, 2.75) is 26.7 Å². The zero-order chi connectivity index (χ0) is 14.5. The zero-order valence-corrected chi connectivity index (χ0v) is 12.3. The minimum atomic E-state index is 0.471. The van der Waals surface area contributed by atoms with Gasteiger partial charge in [0.25, 0.3) is 0 Å². The Morgan fingerprint density at radius 2 is 1.90 bits per heavy atom. The van der Waals surface area contributed by atoms with E-state index in [0.717, 1.165) is 35.7 Å². The Bertz CT molecular complexity index is 600. The number of nitrogens with zero attached hydrogens (tertiary/aromatic N) is 4. The number of aromatic nitrogens is 4. The zero-order valence-electron chi connectivity index (χ0n) is 12.3. The van der Waals surface area contributed by atoms with Gasteiger partial charge in [0.1, 0.15) is 17.3 Å². The number of rotatable bonds is 5. The van der Waals surface area contributed by atoms with Gasteiger partial charge in [0.2, 0.25) is 5.88 Å². The summed E-state index contributed by atoms with van der Waals surface area (Å²) in [4.78, 5) is 17.7. The molecule has 106 valence electrons. The van der Waals surface area contributed by atoms with Crippen molar-refractivity contribution in [3.8, 4) is 17.3 Å². The highest BCUT2D eigenvalue weighted by Crippen LogP contribution is 2.29. The summed E-state index contributed by atoms with van der Waals surface area (Å²) in [7, 11) is 3.43. The minimum absolute atomic E-state index is 0.471. The van der Waals surface area contributed by atoms with E-state index in [0.29, 0.717) is 11.6 Å². The Balaban J connectivity index is 2.62. The van der Waals surface area contributed by atoms with Crippen LogP contribution in [0.4, 0.5) is 5.82 Å². The van der Waals surface area contributed by atoms with Gasteiger partial charge in [-0.2, -0.15) is 0 Å². The van der Waals surface area contributed by atoms with Crippen molar-refractivity contribution in [2.75, 3.05) is 19.5 Å². The lowest BCUT2D eigenvalue weighted by Gasteiger charge is -2.12. The van der Waals surface area contributed by atoms with Gasteiger partial charge in [-0.1, -0.05) is 6.92 Å². The molecule has 0 aliphatic rings. The predicted octanol–water partition coefficient (Wildman–Crippen LogP) is 2.24. The second-order valence-electron chi connectivity index (χ2n) is 4.38. The van der Waals surface area contributed by atoms with Crippen LogP contribution in [0.2, 0.25) is 0 Å². The molecule has 2 aromatic heterocycles. The third-order valence-electron chi connectivity index (χ3n) is 2.98. The first-order valence-corrected chi connectivity index (χ1v) is 6.61. The van der Waals surface area contributed by atoms with Crippen molar-refractivity contribution in [1.29, 1.82) is 0 Å². The van der Waals surface area contributed by atoms with Gasteiger partial charge in [-0.15, -0.1) is 0 Å². The second kappa shape index (κ2) is 6.27. The first-order valence-electron chi connectivity index (χ1n) is 6.61. The first kappa shape index (κ1) is 14.2. The fraction of sp³-hybridized carbons (Fsp3) is 0.429. The molecule has 0 unspecified atom stereocenters. The molecule has 0 aliphatic carbocycles. The second-order valence-corrected chi connectivity index (χ2v) is 4.38. The van der Waals surface area contributed by atoms with Crippen molar-refractivity contribution in [1.82, 2.24) is 19.9 Å². The smallest absolute Gasteiger partial charge is 0.241 e. The highest BCUT2D eigenvalue weighted by atomic mass is 16.5. The Morgan fingerprint density at radius 1 is 1.15 bits per heavy atom. The highest BCUT2D eigenvalue weighted by molar-refractivity contribution is 5.68. The van der Waals surface area contributed by atoms with Crippen LogP contribution < -0.4 is 10.1 Å². The number of nitrogens with one attached hydrogen (secondary N) is 1. The molecule has 0 amide bonds. The topological polar surface area (TPSA) is 72.8 Å². The molecule has 2 heterocycles. The average Bonchev–Trinajstić information content (AvgIpc) is 2.49. The van der Waals surface area contributed by atoms with Gasteiger partial charge < -0.3 is 10.1 Å². The van der Waals surface area contributed by atoms with Crippen LogP contribution in [0.15, 0.2) is 12.4 Å². The van der Waals surface area contributed by atoms with Crippen molar-refractivity contribution in [3.05, 3.63) is 23.8 Å². The molecule has 6 heteroatoms. The predicted molar refractivity (Wildman–Crippen MR) is 77.9 cm³/mol. The van der Waals surface area contributed by atoms with E-state index in [4.69, 9.17) is 4.74 Å².